The molecule has 0 radical (unpaired) electrons. The number of hydrogen-bond acceptors (Lipinski definition) is 6. The fourth-order valence-electron chi connectivity index (χ4n) is 4.68. The third-order valence-electron chi connectivity index (χ3n) is 6.60. The van der Waals surface area contributed by atoms with E-state index in [9.17, 15) is 13.2 Å². The van der Waals surface area contributed by atoms with E-state index >= 15 is 0 Å². The highest BCUT2D eigenvalue weighted by Crippen LogP contribution is 2.35. The molecule has 1 amide bonds. The van der Waals surface area contributed by atoms with E-state index in [4.69, 9.17) is 17.3 Å². The molecule has 0 saturated carbocycles. The number of rotatable bonds is 7. The van der Waals surface area contributed by atoms with Crippen LogP contribution in [0.5, 0.6) is 0 Å². The maximum Gasteiger partial charge on any atom is 0.266 e. The standard InChI is InChI=1S/C28H28N4O3S3/c1-3-14-31-27(33)25(37-28(31)36)17-22-19-32(23-11-5-4-6-12-23)29-26(22)21-10-7-13-24(16-21)38(34,35)30-15-8-9-20(2)18-30/h3-7,10-13,16-17,19-20H,1,8-9,14-15,18H2,2H3. The predicted molar refractivity (Wildman–Crippen MR) is 156 cm³/mol. The largest absolute Gasteiger partial charge is 0.289 e. The van der Waals surface area contributed by atoms with Crippen LogP contribution in [0.4, 0.5) is 0 Å². The minimum atomic E-state index is -3.64. The Labute approximate surface area is 232 Å². The van der Waals surface area contributed by atoms with E-state index in [0.717, 1.165) is 18.5 Å². The van der Waals surface area contributed by atoms with Crippen molar-refractivity contribution >= 4 is 50.3 Å². The topological polar surface area (TPSA) is 75.5 Å². The number of para-hydroxylation sites is 1. The van der Waals surface area contributed by atoms with E-state index in [0.29, 0.717) is 51.6 Å². The molecular weight excluding hydrogens is 537 g/mol. The summed E-state index contributed by atoms with van der Waals surface area (Å²) in [4.78, 5) is 15.2. The van der Waals surface area contributed by atoms with Crippen molar-refractivity contribution in [1.82, 2.24) is 19.0 Å². The molecule has 2 aromatic carbocycles. The first-order chi connectivity index (χ1) is 18.3. The number of thioether (sulfide) groups is 1. The fourth-order valence-corrected chi connectivity index (χ4v) is 7.59. The van der Waals surface area contributed by atoms with Crippen LogP contribution in [0.15, 0.2) is 83.2 Å². The fraction of sp³-hybridized carbons (Fsp3) is 0.250. The summed E-state index contributed by atoms with van der Waals surface area (Å²) in [7, 11) is -3.64. The Kier molecular flexibility index (Phi) is 7.67. The molecule has 3 aromatic rings. The van der Waals surface area contributed by atoms with Gasteiger partial charge >= 0.3 is 0 Å². The number of nitrogens with zero attached hydrogens (tertiary/aromatic N) is 4. The van der Waals surface area contributed by atoms with Crippen molar-refractivity contribution in [3.63, 3.8) is 0 Å². The molecule has 2 aliphatic heterocycles. The molecule has 38 heavy (non-hydrogen) atoms. The second-order valence-corrected chi connectivity index (χ2v) is 13.0. The van der Waals surface area contributed by atoms with Gasteiger partial charge in [-0.05, 0) is 49.1 Å². The number of sulfonamides is 1. The van der Waals surface area contributed by atoms with Gasteiger partial charge in [0.25, 0.3) is 5.91 Å². The molecule has 0 N–H and O–H groups in total. The van der Waals surface area contributed by atoms with Gasteiger partial charge in [-0.3, -0.25) is 9.69 Å². The number of aromatic nitrogens is 2. The van der Waals surface area contributed by atoms with Crippen LogP contribution in [0, 0.1) is 5.92 Å². The van der Waals surface area contributed by atoms with Crippen molar-refractivity contribution in [3.8, 4) is 16.9 Å². The van der Waals surface area contributed by atoms with Crippen LogP contribution < -0.4 is 0 Å². The van der Waals surface area contributed by atoms with Crippen LogP contribution in [-0.4, -0.2) is 57.3 Å². The van der Waals surface area contributed by atoms with Gasteiger partial charge in [0.15, 0.2) is 0 Å². The number of hydrogen-bond donors (Lipinski definition) is 0. The van der Waals surface area contributed by atoms with Crippen molar-refractivity contribution in [1.29, 1.82) is 0 Å². The van der Waals surface area contributed by atoms with E-state index in [1.807, 2.05) is 42.6 Å². The SMILES string of the molecule is C=CCN1C(=O)C(=Cc2cn(-c3ccccc3)nc2-c2cccc(S(=O)(=O)N3CCCC(C)C3)c2)SC1=S. The zero-order valence-corrected chi connectivity index (χ0v) is 23.4. The van der Waals surface area contributed by atoms with E-state index < -0.39 is 10.0 Å². The summed E-state index contributed by atoms with van der Waals surface area (Å²) in [6.45, 7) is 7.18. The van der Waals surface area contributed by atoms with Gasteiger partial charge in [0, 0.05) is 37.0 Å². The van der Waals surface area contributed by atoms with Crippen LogP contribution in [0.1, 0.15) is 25.3 Å². The molecule has 1 unspecified atom stereocenters. The molecule has 2 aliphatic rings. The van der Waals surface area contributed by atoms with Gasteiger partial charge in [0.05, 0.1) is 15.5 Å². The molecule has 1 atom stereocenters. The van der Waals surface area contributed by atoms with Crippen LogP contribution in [0.25, 0.3) is 23.0 Å². The molecular formula is C28H28N4O3S3. The van der Waals surface area contributed by atoms with Gasteiger partial charge in [0.1, 0.15) is 10.0 Å². The third-order valence-corrected chi connectivity index (χ3v) is 9.84. The number of benzene rings is 2. The van der Waals surface area contributed by atoms with Gasteiger partial charge < -0.3 is 0 Å². The second kappa shape index (κ2) is 11.0. The zero-order valence-electron chi connectivity index (χ0n) is 21.0. The first kappa shape index (κ1) is 26.6. The maximum absolute atomic E-state index is 13.5. The Morgan fingerprint density at radius 3 is 2.71 bits per heavy atom. The van der Waals surface area contributed by atoms with Crippen molar-refractivity contribution < 1.29 is 13.2 Å². The zero-order chi connectivity index (χ0) is 26.9. The quantitative estimate of drug-likeness (QED) is 0.219. The lowest BCUT2D eigenvalue weighted by atomic mass is 10.0. The lowest BCUT2D eigenvalue weighted by molar-refractivity contribution is -0.121. The Morgan fingerprint density at radius 1 is 1.18 bits per heavy atom. The highest BCUT2D eigenvalue weighted by Gasteiger charge is 2.32. The van der Waals surface area contributed by atoms with Crippen molar-refractivity contribution in [3.05, 3.63) is 83.9 Å². The minimum Gasteiger partial charge on any atom is -0.289 e. The summed E-state index contributed by atoms with van der Waals surface area (Å²) in [5.74, 6) is 0.142. The van der Waals surface area contributed by atoms with Crippen molar-refractivity contribution in [2.75, 3.05) is 19.6 Å². The predicted octanol–water partition coefficient (Wildman–Crippen LogP) is 5.35. The first-order valence-electron chi connectivity index (χ1n) is 12.4. The molecule has 2 saturated heterocycles. The van der Waals surface area contributed by atoms with Gasteiger partial charge in [-0.1, -0.05) is 67.3 Å². The summed E-state index contributed by atoms with van der Waals surface area (Å²) in [5.41, 5.74) is 2.76. The Hall–Kier alpha value is -3.05. The molecule has 10 heteroatoms. The monoisotopic (exact) mass is 564 g/mol. The summed E-state index contributed by atoms with van der Waals surface area (Å²) in [6.07, 6.45) is 7.15. The summed E-state index contributed by atoms with van der Waals surface area (Å²) in [5, 5.41) is 4.82. The van der Waals surface area contributed by atoms with Crippen LogP contribution in [-0.2, 0) is 14.8 Å². The number of amides is 1. The van der Waals surface area contributed by atoms with E-state index in [1.54, 1.807) is 39.3 Å². The minimum absolute atomic E-state index is 0.186. The average Bonchev–Trinajstić information content (AvgIpc) is 3.46. The first-order valence-corrected chi connectivity index (χ1v) is 15.1. The van der Waals surface area contributed by atoms with E-state index in [1.165, 1.54) is 16.7 Å². The number of carbonyl (C=O) groups is 1. The van der Waals surface area contributed by atoms with Crippen molar-refractivity contribution in [2.45, 2.75) is 24.7 Å². The van der Waals surface area contributed by atoms with Crippen molar-refractivity contribution in [2.24, 2.45) is 5.92 Å². The molecule has 5 rings (SSSR count). The second-order valence-electron chi connectivity index (χ2n) is 9.43. The summed E-state index contributed by atoms with van der Waals surface area (Å²) < 4.78 is 30.8. The van der Waals surface area contributed by atoms with Crippen LogP contribution >= 0.6 is 24.0 Å². The highest BCUT2D eigenvalue weighted by molar-refractivity contribution is 8.26. The number of carbonyl (C=O) groups excluding carboxylic acids is 1. The van der Waals surface area contributed by atoms with Gasteiger partial charge in [0.2, 0.25) is 10.0 Å². The summed E-state index contributed by atoms with van der Waals surface area (Å²) in [6, 6.07) is 16.5. The lowest BCUT2D eigenvalue weighted by Gasteiger charge is -2.30. The normalized spacial score (nSPS) is 19.9. The molecule has 0 spiro atoms. The van der Waals surface area contributed by atoms with Crippen LogP contribution in [0.3, 0.4) is 0 Å². The highest BCUT2D eigenvalue weighted by atomic mass is 32.2. The van der Waals surface area contributed by atoms with Crippen LogP contribution in [0.2, 0.25) is 0 Å². The van der Waals surface area contributed by atoms with E-state index in [2.05, 4.69) is 13.5 Å². The third kappa shape index (κ3) is 5.26. The average molecular weight is 565 g/mol. The Morgan fingerprint density at radius 2 is 1.97 bits per heavy atom. The summed E-state index contributed by atoms with van der Waals surface area (Å²) >= 11 is 6.63. The Bertz CT molecular complexity index is 1530. The molecule has 0 bridgehead atoms. The lowest BCUT2D eigenvalue weighted by Crippen LogP contribution is -2.39. The Balaban J connectivity index is 1.58. The van der Waals surface area contributed by atoms with Gasteiger partial charge in [-0.2, -0.15) is 9.40 Å². The smallest absolute Gasteiger partial charge is 0.266 e. The number of thiocarbonyl (C=S) groups is 1. The number of piperidine rings is 1. The van der Waals surface area contributed by atoms with Gasteiger partial charge in [-0.15, -0.1) is 6.58 Å². The van der Waals surface area contributed by atoms with E-state index in [-0.39, 0.29) is 10.8 Å². The molecule has 1 aromatic heterocycles. The molecule has 0 aliphatic carbocycles. The molecule has 196 valence electrons. The molecule has 3 heterocycles. The maximum atomic E-state index is 13.5. The molecule has 2 fully saturated rings. The van der Waals surface area contributed by atoms with Gasteiger partial charge in [-0.25, -0.2) is 13.1 Å². The molecule has 7 nitrogen and oxygen atoms in total.